The van der Waals surface area contributed by atoms with Crippen LogP contribution >= 0.6 is 0 Å². The number of rotatable bonds is 0. The highest BCUT2D eigenvalue weighted by Gasteiger charge is 2.74. The van der Waals surface area contributed by atoms with Gasteiger partial charge >= 0.3 is 0 Å². The Morgan fingerprint density at radius 1 is 0.357 bits per heavy atom. The van der Waals surface area contributed by atoms with Crippen molar-refractivity contribution >= 4 is 0 Å². The van der Waals surface area contributed by atoms with Gasteiger partial charge in [-0.2, -0.15) is 0 Å². The molecule has 4 spiro atoms. The van der Waals surface area contributed by atoms with Gasteiger partial charge in [-0.05, 0) is 75.0 Å². The number of ether oxygens (including phenoxy) is 4. The molecule has 3 saturated heterocycles. The van der Waals surface area contributed by atoms with Crippen molar-refractivity contribution in [2.24, 2.45) is 23.7 Å². The average Bonchev–Trinajstić information content (AvgIpc) is 3.65. The molecule has 0 amide bonds. The Morgan fingerprint density at radius 3 is 0.952 bits per heavy atom. The summed E-state index contributed by atoms with van der Waals surface area (Å²) in [6, 6.07) is 0. The first-order valence-electron chi connectivity index (χ1n) is 19.3. The van der Waals surface area contributed by atoms with E-state index in [0.29, 0.717) is 0 Å². The predicted octanol–water partition coefficient (Wildman–Crippen LogP) is 10.4. The lowest BCUT2D eigenvalue weighted by molar-refractivity contribution is -0.500. The molecule has 7 rings (SSSR count). The van der Waals surface area contributed by atoms with Crippen molar-refractivity contribution in [1.82, 2.24) is 0 Å². The zero-order valence-electron chi connectivity index (χ0n) is 27.2. The van der Waals surface area contributed by atoms with E-state index in [2.05, 4.69) is 0 Å². The summed E-state index contributed by atoms with van der Waals surface area (Å²) in [4.78, 5) is 0. The van der Waals surface area contributed by atoms with Crippen LogP contribution in [0, 0.1) is 23.7 Å². The second kappa shape index (κ2) is 13.3. The van der Waals surface area contributed by atoms with Crippen LogP contribution < -0.4 is 0 Å². The largest absolute Gasteiger partial charge is 0.347 e. The third-order valence-electron chi connectivity index (χ3n) is 13.3. The van der Waals surface area contributed by atoms with Crippen molar-refractivity contribution in [1.29, 1.82) is 0 Å². The first kappa shape index (κ1) is 30.5. The summed E-state index contributed by atoms with van der Waals surface area (Å²) in [6.45, 7) is 1.66. The van der Waals surface area contributed by atoms with Crippen LogP contribution in [0.3, 0.4) is 0 Å². The molecule has 1 unspecified atom stereocenters. The molecule has 42 heavy (non-hydrogen) atoms. The highest BCUT2D eigenvalue weighted by atomic mass is 16.8. The third-order valence-corrected chi connectivity index (χ3v) is 13.3. The zero-order chi connectivity index (χ0) is 28.4. The molecule has 4 heteroatoms. The highest BCUT2D eigenvalue weighted by molar-refractivity contribution is 5.16. The van der Waals surface area contributed by atoms with Crippen LogP contribution in [-0.2, 0) is 18.9 Å². The SMILES string of the molecule is C1CCCC[C@@H]2C[C@H](CCCC1)CC1(C2)O[C@]2(CCCO2)C2(C[C@H]3CCCCCCCCC[C@@H](C3)C2)O[C@@]12CCCO2. The lowest BCUT2D eigenvalue weighted by Crippen LogP contribution is -2.77. The molecule has 3 heterocycles. The van der Waals surface area contributed by atoms with Crippen LogP contribution in [0.15, 0.2) is 0 Å². The molecule has 4 aliphatic carbocycles. The summed E-state index contributed by atoms with van der Waals surface area (Å²) in [7, 11) is 0. The van der Waals surface area contributed by atoms with Gasteiger partial charge in [0.05, 0.1) is 13.2 Å². The average molecular weight is 585 g/mol. The smallest absolute Gasteiger partial charge is 0.198 e. The number of hydrogen-bond donors (Lipinski definition) is 0. The zero-order valence-corrected chi connectivity index (χ0v) is 27.2. The topological polar surface area (TPSA) is 36.9 Å². The normalized spacial score (nSPS) is 48.0. The molecule has 0 aromatic heterocycles. The van der Waals surface area contributed by atoms with E-state index in [1.54, 1.807) is 0 Å². The van der Waals surface area contributed by atoms with E-state index in [1.165, 1.54) is 128 Å². The maximum absolute atomic E-state index is 7.92. The highest BCUT2D eigenvalue weighted by Crippen LogP contribution is 2.65. The number of fused-ring (bicyclic) bond motifs is 6. The molecule has 7 aliphatic rings. The molecule has 7 fully saturated rings. The summed E-state index contributed by atoms with van der Waals surface area (Å²) >= 11 is 0. The summed E-state index contributed by atoms with van der Waals surface area (Å²) in [6.07, 6.45) is 36.7. The Morgan fingerprint density at radius 2 is 0.667 bits per heavy atom. The Bertz CT molecular complexity index is 751. The van der Waals surface area contributed by atoms with Crippen molar-refractivity contribution in [3.63, 3.8) is 0 Å². The van der Waals surface area contributed by atoms with Gasteiger partial charge in [-0.1, -0.05) is 116 Å². The molecule has 4 nitrogen and oxygen atoms in total. The van der Waals surface area contributed by atoms with Crippen LogP contribution in [0.5, 0.6) is 0 Å². The standard InChI is InChI=1S/C38H64O4/c1-3-7-11-17-31-25-32(18-12-8-4-1)28-35(27-31)37(21-15-23-39-37)42-36(38(41-35)22-16-24-40-38)29-33-19-13-9-5-2-6-10-14-20-34(26-33)30-36/h31-34H,1-30H2/t31-,32-,33-,34+,36?,37+,38-/m0/s1. The van der Waals surface area contributed by atoms with Gasteiger partial charge in [-0.15, -0.1) is 0 Å². The molecular weight excluding hydrogens is 520 g/mol. The number of hydrogen-bond acceptors (Lipinski definition) is 4. The van der Waals surface area contributed by atoms with Gasteiger partial charge < -0.3 is 18.9 Å². The van der Waals surface area contributed by atoms with E-state index in [1.807, 2.05) is 0 Å². The van der Waals surface area contributed by atoms with Crippen molar-refractivity contribution < 1.29 is 18.9 Å². The summed E-state index contributed by atoms with van der Waals surface area (Å²) in [5.74, 6) is 1.79. The molecule has 0 N–H and O–H groups in total. The molecule has 0 radical (unpaired) electrons. The molecule has 3 aliphatic heterocycles. The molecule has 0 aromatic rings. The Labute approximate surface area is 258 Å². The van der Waals surface area contributed by atoms with E-state index >= 15 is 0 Å². The van der Waals surface area contributed by atoms with Crippen molar-refractivity contribution in [3.05, 3.63) is 0 Å². The minimum Gasteiger partial charge on any atom is -0.347 e. The molecule has 240 valence electrons. The van der Waals surface area contributed by atoms with Crippen molar-refractivity contribution in [2.75, 3.05) is 13.2 Å². The van der Waals surface area contributed by atoms with Gasteiger partial charge in [0.15, 0.2) is 11.6 Å². The van der Waals surface area contributed by atoms with Crippen LogP contribution in [0.1, 0.15) is 180 Å². The first-order chi connectivity index (χ1) is 20.6. The van der Waals surface area contributed by atoms with Gasteiger partial charge in [0.2, 0.25) is 0 Å². The van der Waals surface area contributed by atoms with Gasteiger partial charge in [-0.3, -0.25) is 0 Å². The lowest BCUT2D eigenvalue weighted by atomic mass is 9.61. The molecule has 0 aromatic carbocycles. The monoisotopic (exact) mass is 584 g/mol. The molecule has 4 saturated carbocycles. The van der Waals surface area contributed by atoms with Crippen LogP contribution in [0.4, 0.5) is 0 Å². The third kappa shape index (κ3) is 6.03. The summed E-state index contributed by atoms with van der Waals surface area (Å²) in [5.41, 5.74) is -0.694. The van der Waals surface area contributed by atoms with Gasteiger partial charge in [0.1, 0.15) is 11.2 Å². The fraction of sp³-hybridized carbons (Fsp3) is 1.00. The van der Waals surface area contributed by atoms with Gasteiger partial charge in [0.25, 0.3) is 0 Å². The second-order valence-electron chi connectivity index (χ2n) is 16.5. The van der Waals surface area contributed by atoms with E-state index in [0.717, 1.165) is 88.3 Å². The van der Waals surface area contributed by atoms with Crippen molar-refractivity contribution in [3.8, 4) is 0 Å². The van der Waals surface area contributed by atoms with Gasteiger partial charge in [0, 0.05) is 12.8 Å². The predicted molar refractivity (Wildman–Crippen MR) is 168 cm³/mol. The lowest BCUT2D eigenvalue weighted by Gasteiger charge is -2.67. The van der Waals surface area contributed by atoms with Crippen LogP contribution in [-0.4, -0.2) is 36.0 Å². The molecular formula is C38H64O4. The fourth-order valence-corrected chi connectivity index (χ4v) is 11.6. The molecule has 4 bridgehead atoms. The van der Waals surface area contributed by atoms with E-state index in [-0.39, 0.29) is 11.2 Å². The maximum Gasteiger partial charge on any atom is 0.198 e. The minimum atomic E-state index is -0.573. The maximum atomic E-state index is 7.92. The minimum absolute atomic E-state index is 0.347. The van der Waals surface area contributed by atoms with E-state index < -0.39 is 11.6 Å². The van der Waals surface area contributed by atoms with E-state index in [4.69, 9.17) is 18.9 Å². The van der Waals surface area contributed by atoms with Crippen LogP contribution in [0.2, 0.25) is 0 Å². The Balaban J connectivity index is 1.22. The summed E-state index contributed by atoms with van der Waals surface area (Å²) < 4.78 is 29.8. The Hall–Kier alpha value is -0.160. The Kier molecular flexibility index (Phi) is 9.65. The summed E-state index contributed by atoms with van der Waals surface area (Å²) in [5, 5.41) is 0. The quantitative estimate of drug-likeness (QED) is 0.284. The van der Waals surface area contributed by atoms with Gasteiger partial charge in [-0.25, -0.2) is 0 Å². The first-order valence-corrected chi connectivity index (χ1v) is 19.3. The second-order valence-corrected chi connectivity index (χ2v) is 16.5. The molecule has 7 atom stereocenters. The van der Waals surface area contributed by atoms with E-state index in [9.17, 15) is 0 Å². The van der Waals surface area contributed by atoms with Crippen LogP contribution in [0.25, 0.3) is 0 Å². The fourth-order valence-electron chi connectivity index (χ4n) is 11.6. The van der Waals surface area contributed by atoms with Crippen molar-refractivity contribution in [2.45, 2.75) is 203 Å².